The summed E-state index contributed by atoms with van der Waals surface area (Å²) in [5.74, 6) is 3.27. The van der Waals surface area contributed by atoms with E-state index in [4.69, 9.17) is 4.74 Å². The molecule has 2 nitrogen and oxygen atoms in total. The van der Waals surface area contributed by atoms with Gasteiger partial charge in [0.2, 0.25) is 0 Å². The second kappa shape index (κ2) is 6.06. The number of rotatable bonds is 3. The van der Waals surface area contributed by atoms with Crippen molar-refractivity contribution in [3.8, 4) is 5.75 Å². The first-order chi connectivity index (χ1) is 10.5. The summed E-state index contributed by atoms with van der Waals surface area (Å²) < 4.78 is 6.16. The van der Waals surface area contributed by atoms with Crippen LogP contribution in [0.15, 0.2) is 36.2 Å². The van der Waals surface area contributed by atoms with Gasteiger partial charge in [-0.15, -0.1) is 0 Å². The van der Waals surface area contributed by atoms with Gasteiger partial charge in [-0.2, -0.15) is 0 Å². The standard InChI is InChI=1S/C20H29NO/c1-14(2)19-8-7-16-12-17(9-10-20(16,4)15(19)3)22-18-6-5-11-21-13-18/h5-7,11,13-15,17,19H,8-10,12H2,1-4H3. The molecule has 0 amide bonds. The topological polar surface area (TPSA) is 22.1 Å². The summed E-state index contributed by atoms with van der Waals surface area (Å²) in [6.45, 7) is 9.71. The summed E-state index contributed by atoms with van der Waals surface area (Å²) >= 11 is 0. The maximum Gasteiger partial charge on any atom is 0.138 e. The molecule has 22 heavy (non-hydrogen) atoms. The smallest absolute Gasteiger partial charge is 0.138 e. The van der Waals surface area contributed by atoms with Gasteiger partial charge in [0.05, 0.1) is 6.20 Å². The Kier molecular flexibility index (Phi) is 4.29. The lowest BCUT2D eigenvalue weighted by Crippen LogP contribution is -2.43. The van der Waals surface area contributed by atoms with Crippen LogP contribution >= 0.6 is 0 Å². The lowest BCUT2D eigenvalue weighted by atomic mass is 9.55. The molecule has 0 aliphatic heterocycles. The fourth-order valence-corrected chi connectivity index (χ4v) is 4.55. The third kappa shape index (κ3) is 2.80. The molecular weight excluding hydrogens is 270 g/mol. The Labute approximate surface area is 135 Å². The van der Waals surface area contributed by atoms with Crippen LogP contribution < -0.4 is 4.74 Å². The van der Waals surface area contributed by atoms with Gasteiger partial charge in [0.15, 0.2) is 0 Å². The van der Waals surface area contributed by atoms with Gasteiger partial charge in [-0.3, -0.25) is 4.98 Å². The van der Waals surface area contributed by atoms with Gasteiger partial charge in [-0.05, 0) is 54.6 Å². The fraction of sp³-hybridized carbons (Fsp3) is 0.650. The number of pyridine rings is 1. The van der Waals surface area contributed by atoms with E-state index in [1.54, 1.807) is 11.8 Å². The number of nitrogens with zero attached hydrogens (tertiary/aromatic N) is 1. The van der Waals surface area contributed by atoms with Crippen molar-refractivity contribution in [3.05, 3.63) is 36.2 Å². The second-order valence-electron chi connectivity index (χ2n) is 7.75. The third-order valence-corrected chi connectivity index (χ3v) is 6.24. The van der Waals surface area contributed by atoms with Crippen molar-refractivity contribution in [2.45, 2.75) is 59.5 Å². The van der Waals surface area contributed by atoms with E-state index >= 15 is 0 Å². The monoisotopic (exact) mass is 299 g/mol. The Balaban J connectivity index is 1.73. The molecule has 0 N–H and O–H groups in total. The van der Waals surface area contributed by atoms with E-state index in [0.717, 1.165) is 36.3 Å². The zero-order chi connectivity index (χ0) is 15.7. The van der Waals surface area contributed by atoms with Crippen molar-refractivity contribution in [2.24, 2.45) is 23.2 Å². The van der Waals surface area contributed by atoms with Crippen LogP contribution in [0.2, 0.25) is 0 Å². The highest BCUT2D eigenvalue weighted by molar-refractivity contribution is 5.24. The van der Waals surface area contributed by atoms with Crippen molar-refractivity contribution in [1.29, 1.82) is 0 Å². The predicted molar refractivity (Wildman–Crippen MR) is 90.8 cm³/mol. The predicted octanol–water partition coefficient (Wildman–Crippen LogP) is 5.26. The lowest BCUT2D eigenvalue weighted by molar-refractivity contribution is 0.0566. The van der Waals surface area contributed by atoms with Crippen LogP contribution in [-0.2, 0) is 0 Å². The summed E-state index contributed by atoms with van der Waals surface area (Å²) in [6.07, 6.45) is 11.2. The number of ether oxygens (including phenoxy) is 1. The molecule has 1 aromatic rings. The molecule has 4 atom stereocenters. The minimum Gasteiger partial charge on any atom is -0.488 e. The van der Waals surface area contributed by atoms with E-state index in [-0.39, 0.29) is 0 Å². The fourth-order valence-electron chi connectivity index (χ4n) is 4.55. The van der Waals surface area contributed by atoms with Crippen LogP contribution in [0.25, 0.3) is 0 Å². The first-order valence-corrected chi connectivity index (χ1v) is 8.77. The Morgan fingerprint density at radius 2 is 2.18 bits per heavy atom. The Hall–Kier alpha value is -1.31. The van der Waals surface area contributed by atoms with E-state index in [0.29, 0.717) is 11.5 Å². The molecule has 1 fully saturated rings. The first-order valence-electron chi connectivity index (χ1n) is 8.77. The maximum absolute atomic E-state index is 6.16. The van der Waals surface area contributed by atoms with E-state index in [1.807, 2.05) is 18.3 Å². The molecule has 0 bridgehead atoms. The highest BCUT2D eigenvalue weighted by Gasteiger charge is 2.45. The Morgan fingerprint density at radius 3 is 2.86 bits per heavy atom. The van der Waals surface area contributed by atoms with Crippen LogP contribution in [0, 0.1) is 23.2 Å². The molecule has 2 aliphatic carbocycles. The molecule has 4 unspecified atom stereocenters. The number of allylic oxidation sites excluding steroid dienone is 1. The quantitative estimate of drug-likeness (QED) is 0.710. The van der Waals surface area contributed by atoms with Crippen LogP contribution in [-0.4, -0.2) is 11.1 Å². The summed E-state index contributed by atoms with van der Waals surface area (Å²) in [4.78, 5) is 4.15. The second-order valence-corrected chi connectivity index (χ2v) is 7.75. The molecule has 2 heteroatoms. The average Bonchev–Trinajstić information content (AvgIpc) is 2.50. The maximum atomic E-state index is 6.16. The van der Waals surface area contributed by atoms with Gasteiger partial charge in [-0.25, -0.2) is 0 Å². The summed E-state index contributed by atoms with van der Waals surface area (Å²) in [7, 11) is 0. The normalized spacial score (nSPS) is 35.0. The number of hydrogen-bond acceptors (Lipinski definition) is 2. The lowest BCUT2D eigenvalue weighted by Gasteiger charge is -2.50. The van der Waals surface area contributed by atoms with E-state index in [2.05, 4.69) is 38.8 Å². The average molecular weight is 299 g/mol. The van der Waals surface area contributed by atoms with Crippen molar-refractivity contribution < 1.29 is 4.74 Å². The van der Waals surface area contributed by atoms with Gasteiger partial charge < -0.3 is 4.74 Å². The molecule has 120 valence electrons. The molecule has 3 rings (SSSR count). The Bertz CT molecular complexity index is 536. The molecular formula is C20H29NO. The third-order valence-electron chi connectivity index (χ3n) is 6.24. The van der Waals surface area contributed by atoms with Crippen molar-refractivity contribution in [1.82, 2.24) is 4.98 Å². The highest BCUT2D eigenvalue weighted by atomic mass is 16.5. The SMILES string of the molecule is CC(C)C1CC=C2CC(Oc3cccnc3)CCC2(C)C1C. The van der Waals surface area contributed by atoms with Gasteiger partial charge in [0, 0.05) is 12.6 Å². The minimum absolute atomic E-state index is 0.311. The summed E-state index contributed by atoms with van der Waals surface area (Å²) in [6, 6.07) is 3.95. The van der Waals surface area contributed by atoms with Crippen molar-refractivity contribution >= 4 is 0 Å². The van der Waals surface area contributed by atoms with E-state index < -0.39 is 0 Å². The summed E-state index contributed by atoms with van der Waals surface area (Å²) in [5, 5.41) is 0. The first kappa shape index (κ1) is 15.6. The zero-order valence-corrected chi connectivity index (χ0v) is 14.4. The van der Waals surface area contributed by atoms with Crippen LogP contribution in [0.5, 0.6) is 5.75 Å². The van der Waals surface area contributed by atoms with Gasteiger partial charge in [0.25, 0.3) is 0 Å². The van der Waals surface area contributed by atoms with Crippen LogP contribution in [0.3, 0.4) is 0 Å². The number of fused-ring (bicyclic) bond motifs is 1. The molecule has 1 aromatic heterocycles. The molecule has 1 saturated carbocycles. The molecule has 0 aromatic carbocycles. The van der Waals surface area contributed by atoms with Crippen molar-refractivity contribution in [3.63, 3.8) is 0 Å². The largest absolute Gasteiger partial charge is 0.488 e. The molecule has 0 radical (unpaired) electrons. The molecule has 0 saturated heterocycles. The van der Waals surface area contributed by atoms with E-state index in [9.17, 15) is 0 Å². The van der Waals surface area contributed by atoms with Crippen LogP contribution in [0.4, 0.5) is 0 Å². The Morgan fingerprint density at radius 1 is 1.36 bits per heavy atom. The minimum atomic E-state index is 0.311. The molecule has 1 heterocycles. The van der Waals surface area contributed by atoms with Crippen LogP contribution in [0.1, 0.15) is 53.4 Å². The van der Waals surface area contributed by atoms with Gasteiger partial charge >= 0.3 is 0 Å². The number of hydrogen-bond donors (Lipinski definition) is 0. The number of aromatic nitrogens is 1. The van der Waals surface area contributed by atoms with Crippen molar-refractivity contribution in [2.75, 3.05) is 0 Å². The molecule has 0 spiro atoms. The van der Waals surface area contributed by atoms with Gasteiger partial charge in [-0.1, -0.05) is 39.3 Å². The molecule has 2 aliphatic rings. The van der Waals surface area contributed by atoms with Gasteiger partial charge in [0.1, 0.15) is 11.9 Å². The van der Waals surface area contributed by atoms with E-state index in [1.165, 1.54) is 12.8 Å². The zero-order valence-electron chi connectivity index (χ0n) is 14.4. The summed E-state index contributed by atoms with van der Waals surface area (Å²) in [5.41, 5.74) is 2.01. The highest BCUT2D eigenvalue weighted by Crippen LogP contribution is 2.54.